The Balaban J connectivity index is 4.22. The molecule has 0 fully saturated rings. The van der Waals surface area contributed by atoms with E-state index in [-0.39, 0.29) is 18.0 Å². The van der Waals surface area contributed by atoms with E-state index in [4.69, 9.17) is 0 Å². The van der Waals surface area contributed by atoms with Gasteiger partial charge in [0.05, 0.1) is 0 Å². The first kappa shape index (κ1) is 10.4. The molecular weight excluding hydrogens is 142 g/mol. The van der Waals surface area contributed by atoms with Crippen LogP contribution in [0.15, 0.2) is 0 Å². The third-order valence-corrected chi connectivity index (χ3v) is 1.52. The molecule has 11 heavy (non-hydrogen) atoms. The minimum Gasteiger partial charge on any atom is -0.336 e. The highest BCUT2D eigenvalue weighted by Crippen LogP contribution is 2.04. The largest absolute Gasteiger partial charge is 0.336 e. The third-order valence-electron chi connectivity index (χ3n) is 1.52. The van der Waals surface area contributed by atoms with E-state index in [2.05, 4.69) is 0 Å². The number of amides is 1. The topological polar surface area (TPSA) is 40.2 Å². The normalized spacial score (nSPS) is 10.8. The van der Waals surface area contributed by atoms with Crippen molar-refractivity contribution < 1.29 is 9.90 Å². The number of carbonyl (C=O) groups excluding carboxylic acids is 1. The number of hydrogen-bond donors (Lipinski definition) is 0. The van der Waals surface area contributed by atoms with E-state index in [1.807, 2.05) is 27.7 Å². The van der Waals surface area contributed by atoms with Crippen LogP contribution in [-0.2, 0) is 9.90 Å². The van der Waals surface area contributed by atoms with Gasteiger partial charge in [-0.3, -0.25) is 4.79 Å². The summed E-state index contributed by atoms with van der Waals surface area (Å²) in [6.45, 7) is 7.00. The predicted octanol–water partition coefficient (Wildman–Crippen LogP) is 1.06. The Labute approximate surface area is 68.0 Å². The van der Waals surface area contributed by atoms with Crippen molar-refractivity contribution >= 4 is 5.91 Å². The van der Waals surface area contributed by atoms with E-state index in [1.54, 1.807) is 4.90 Å². The van der Waals surface area contributed by atoms with Crippen LogP contribution in [-0.4, -0.2) is 29.5 Å². The van der Waals surface area contributed by atoms with Gasteiger partial charge in [0, 0.05) is 12.1 Å². The van der Waals surface area contributed by atoms with E-state index in [0.717, 1.165) is 0 Å². The van der Waals surface area contributed by atoms with Crippen molar-refractivity contribution in [2.75, 3.05) is 6.61 Å². The lowest BCUT2D eigenvalue weighted by atomic mass is 10.2. The van der Waals surface area contributed by atoms with E-state index in [9.17, 15) is 9.90 Å². The van der Waals surface area contributed by atoms with Crippen molar-refractivity contribution in [1.82, 2.24) is 4.90 Å². The average Bonchev–Trinajstić information content (AvgIpc) is 1.85. The quantitative estimate of drug-likeness (QED) is 0.605. The number of nitrogens with zero attached hydrogens (tertiary/aromatic N) is 1. The van der Waals surface area contributed by atoms with Crippen molar-refractivity contribution in [2.45, 2.75) is 39.8 Å². The van der Waals surface area contributed by atoms with Gasteiger partial charge in [-0.25, -0.2) is 5.11 Å². The molecule has 0 aliphatic rings. The molecule has 65 valence electrons. The molecule has 0 aliphatic carbocycles. The highest BCUT2D eigenvalue weighted by Gasteiger charge is 2.18. The van der Waals surface area contributed by atoms with Gasteiger partial charge in [-0.1, -0.05) is 0 Å². The molecule has 0 atom stereocenters. The van der Waals surface area contributed by atoms with E-state index >= 15 is 0 Å². The van der Waals surface area contributed by atoms with Gasteiger partial charge in [-0.05, 0) is 27.7 Å². The summed E-state index contributed by atoms with van der Waals surface area (Å²) in [7, 11) is 0. The molecule has 0 aromatic carbocycles. The van der Waals surface area contributed by atoms with Crippen LogP contribution in [0, 0.1) is 0 Å². The smallest absolute Gasteiger partial charge is 0.252 e. The monoisotopic (exact) mass is 158 g/mol. The molecule has 0 unspecified atom stereocenters. The van der Waals surface area contributed by atoms with Crippen molar-refractivity contribution in [1.29, 1.82) is 0 Å². The highest BCUT2D eigenvalue weighted by atomic mass is 16.3. The Morgan fingerprint density at radius 3 is 1.64 bits per heavy atom. The molecule has 0 saturated carbocycles. The fourth-order valence-corrected chi connectivity index (χ4v) is 1.25. The van der Waals surface area contributed by atoms with Gasteiger partial charge >= 0.3 is 0 Å². The lowest BCUT2D eigenvalue weighted by Gasteiger charge is -2.29. The maximum atomic E-state index is 11.0. The van der Waals surface area contributed by atoms with Crippen LogP contribution in [0.5, 0.6) is 0 Å². The van der Waals surface area contributed by atoms with Crippen LogP contribution < -0.4 is 0 Å². The summed E-state index contributed by atoms with van der Waals surface area (Å²) >= 11 is 0. The van der Waals surface area contributed by atoms with Crippen LogP contribution in [0.3, 0.4) is 0 Å². The first-order valence-electron chi connectivity index (χ1n) is 3.90. The van der Waals surface area contributed by atoms with Gasteiger partial charge < -0.3 is 4.90 Å². The SMILES string of the molecule is CC(C)N(C(=O)C[O])C(C)C. The molecule has 0 rings (SSSR count). The van der Waals surface area contributed by atoms with Gasteiger partial charge in [0.1, 0.15) is 0 Å². The zero-order valence-corrected chi connectivity index (χ0v) is 7.63. The molecule has 0 aromatic rings. The molecule has 3 nitrogen and oxygen atoms in total. The molecule has 0 spiro atoms. The molecule has 1 radical (unpaired) electrons. The second-order valence-electron chi connectivity index (χ2n) is 3.13. The summed E-state index contributed by atoms with van der Waals surface area (Å²) in [5.74, 6) is -0.310. The highest BCUT2D eigenvalue weighted by molar-refractivity contribution is 5.77. The minimum atomic E-state index is -0.643. The number of carbonyl (C=O) groups is 1. The van der Waals surface area contributed by atoms with Gasteiger partial charge in [-0.2, -0.15) is 0 Å². The van der Waals surface area contributed by atoms with Crippen LogP contribution in [0.2, 0.25) is 0 Å². The van der Waals surface area contributed by atoms with E-state index < -0.39 is 6.61 Å². The maximum Gasteiger partial charge on any atom is 0.252 e. The Morgan fingerprint density at radius 1 is 1.18 bits per heavy atom. The number of rotatable bonds is 3. The fraction of sp³-hybridized carbons (Fsp3) is 0.875. The van der Waals surface area contributed by atoms with E-state index in [1.165, 1.54) is 0 Å². The molecule has 0 aliphatic heterocycles. The molecular formula is C8H16NO2. The zero-order chi connectivity index (χ0) is 9.02. The van der Waals surface area contributed by atoms with Crippen molar-refractivity contribution in [3.8, 4) is 0 Å². The maximum absolute atomic E-state index is 11.0. The Bertz CT molecular complexity index is 124. The molecule has 1 amide bonds. The summed E-state index contributed by atoms with van der Waals surface area (Å²) < 4.78 is 0. The van der Waals surface area contributed by atoms with Crippen LogP contribution in [0.1, 0.15) is 27.7 Å². The summed E-state index contributed by atoms with van der Waals surface area (Å²) in [5, 5.41) is 10.3. The molecule has 0 N–H and O–H groups in total. The summed E-state index contributed by atoms with van der Waals surface area (Å²) in [4.78, 5) is 12.6. The van der Waals surface area contributed by atoms with E-state index in [0.29, 0.717) is 0 Å². The fourth-order valence-electron chi connectivity index (χ4n) is 1.25. The summed E-state index contributed by atoms with van der Waals surface area (Å²) in [6, 6.07) is 0.243. The number of hydrogen-bond acceptors (Lipinski definition) is 1. The van der Waals surface area contributed by atoms with Gasteiger partial charge in [0.15, 0.2) is 6.61 Å². The molecule has 0 heterocycles. The Kier molecular flexibility index (Phi) is 4.11. The second-order valence-corrected chi connectivity index (χ2v) is 3.13. The van der Waals surface area contributed by atoms with Crippen molar-refractivity contribution in [3.63, 3.8) is 0 Å². The standard InChI is InChI=1S/C8H16NO2/c1-6(2)9(7(3)4)8(11)5-10/h6-7H,5H2,1-4H3. The minimum absolute atomic E-state index is 0.122. The first-order valence-corrected chi connectivity index (χ1v) is 3.90. The predicted molar refractivity (Wildman–Crippen MR) is 42.7 cm³/mol. The molecule has 0 bridgehead atoms. The summed E-state index contributed by atoms with van der Waals surface area (Å²) in [5.41, 5.74) is 0. The molecule has 0 aromatic heterocycles. The summed E-state index contributed by atoms with van der Waals surface area (Å²) in [6.07, 6.45) is 0. The van der Waals surface area contributed by atoms with Crippen molar-refractivity contribution in [2.24, 2.45) is 0 Å². The lowest BCUT2D eigenvalue weighted by molar-refractivity contribution is -0.139. The van der Waals surface area contributed by atoms with Gasteiger partial charge in [-0.15, -0.1) is 0 Å². The molecule has 3 heteroatoms. The average molecular weight is 158 g/mol. The van der Waals surface area contributed by atoms with Crippen LogP contribution in [0.25, 0.3) is 0 Å². The first-order chi connectivity index (χ1) is 5.00. The third kappa shape index (κ3) is 2.89. The van der Waals surface area contributed by atoms with Crippen LogP contribution in [0.4, 0.5) is 0 Å². The Hall–Kier alpha value is -0.570. The lowest BCUT2D eigenvalue weighted by Crippen LogP contribution is -2.43. The van der Waals surface area contributed by atoms with Crippen LogP contribution >= 0.6 is 0 Å². The zero-order valence-electron chi connectivity index (χ0n) is 7.63. The Morgan fingerprint density at radius 2 is 1.55 bits per heavy atom. The van der Waals surface area contributed by atoms with Gasteiger partial charge in [0.2, 0.25) is 0 Å². The molecule has 0 saturated heterocycles. The van der Waals surface area contributed by atoms with Gasteiger partial charge in [0.25, 0.3) is 5.91 Å². The second kappa shape index (κ2) is 4.34. The van der Waals surface area contributed by atoms with Crippen molar-refractivity contribution in [3.05, 3.63) is 0 Å².